The Bertz CT molecular complexity index is 948. The third-order valence-electron chi connectivity index (χ3n) is 4.07. The van der Waals surface area contributed by atoms with Crippen molar-refractivity contribution in [2.75, 3.05) is 12.0 Å². The topological polar surface area (TPSA) is 68.7 Å². The molecule has 0 spiro atoms. The maximum absolute atomic E-state index is 13.4. The van der Waals surface area contributed by atoms with Crippen molar-refractivity contribution in [3.8, 4) is 11.6 Å². The SMILES string of the molecule is COC(=O)c1cc(Oc2ncc(CCl)cc2C(F)(F)F)ccc1N(C(C)=O)C(C)C. The molecule has 0 aliphatic carbocycles. The highest BCUT2D eigenvalue weighted by Crippen LogP contribution is 2.38. The highest BCUT2D eigenvalue weighted by atomic mass is 35.5. The summed E-state index contributed by atoms with van der Waals surface area (Å²) in [7, 11) is 1.15. The second-order valence-electron chi connectivity index (χ2n) is 6.58. The largest absolute Gasteiger partial charge is 0.465 e. The van der Waals surface area contributed by atoms with E-state index in [9.17, 15) is 22.8 Å². The van der Waals surface area contributed by atoms with Gasteiger partial charge in [0.25, 0.3) is 0 Å². The van der Waals surface area contributed by atoms with Crippen molar-refractivity contribution < 1.29 is 32.2 Å². The predicted molar refractivity (Wildman–Crippen MR) is 105 cm³/mol. The molecule has 1 aromatic heterocycles. The van der Waals surface area contributed by atoms with Gasteiger partial charge in [-0.1, -0.05) is 0 Å². The normalized spacial score (nSPS) is 11.4. The Morgan fingerprint density at radius 3 is 2.40 bits per heavy atom. The minimum Gasteiger partial charge on any atom is -0.465 e. The number of alkyl halides is 4. The third kappa shape index (κ3) is 5.21. The van der Waals surface area contributed by atoms with E-state index in [4.69, 9.17) is 21.1 Å². The highest BCUT2D eigenvalue weighted by molar-refractivity contribution is 6.17. The number of carbonyl (C=O) groups excluding carboxylic acids is 2. The molecule has 0 N–H and O–H groups in total. The maximum atomic E-state index is 13.4. The van der Waals surface area contributed by atoms with Crippen LogP contribution in [-0.2, 0) is 21.6 Å². The van der Waals surface area contributed by atoms with Crippen LogP contribution in [0.5, 0.6) is 11.6 Å². The van der Waals surface area contributed by atoms with Crippen molar-refractivity contribution in [1.29, 1.82) is 0 Å². The quantitative estimate of drug-likeness (QED) is 0.453. The average molecular weight is 445 g/mol. The standard InChI is InChI=1S/C20H20ClF3N2O4/c1-11(2)26(12(3)27)17-6-5-14(8-15(17)19(28)29-4)30-18-16(20(22,23)24)7-13(9-21)10-25-18/h5-8,10-11H,9H2,1-4H3. The average Bonchev–Trinajstić information content (AvgIpc) is 2.67. The first-order valence-corrected chi connectivity index (χ1v) is 9.35. The van der Waals surface area contributed by atoms with Gasteiger partial charge in [-0.3, -0.25) is 4.79 Å². The van der Waals surface area contributed by atoms with E-state index < -0.39 is 23.6 Å². The zero-order valence-electron chi connectivity index (χ0n) is 16.7. The number of pyridine rings is 1. The van der Waals surface area contributed by atoms with Gasteiger partial charge in [-0.15, -0.1) is 11.6 Å². The van der Waals surface area contributed by atoms with Gasteiger partial charge in [0, 0.05) is 25.0 Å². The lowest BCUT2D eigenvalue weighted by Gasteiger charge is -2.27. The second-order valence-corrected chi connectivity index (χ2v) is 6.85. The van der Waals surface area contributed by atoms with E-state index in [-0.39, 0.29) is 40.4 Å². The van der Waals surface area contributed by atoms with Gasteiger partial charge in [0.05, 0.1) is 18.4 Å². The first-order chi connectivity index (χ1) is 14.0. The Morgan fingerprint density at radius 2 is 1.90 bits per heavy atom. The molecular formula is C20H20ClF3N2O4. The van der Waals surface area contributed by atoms with Crippen LogP contribution in [0.15, 0.2) is 30.5 Å². The number of rotatable bonds is 6. The number of anilines is 1. The van der Waals surface area contributed by atoms with Gasteiger partial charge in [-0.25, -0.2) is 9.78 Å². The van der Waals surface area contributed by atoms with Gasteiger partial charge in [0.2, 0.25) is 11.8 Å². The van der Waals surface area contributed by atoms with Gasteiger partial charge >= 0.3 is 12.1 Å². The minimum absolute atomic E-state index is 0.0372. The number of halogens is 4. The van der Waals surface area contributed by atoms with Gasteiger partial charge in [0.15, 0.2) is 0 Å². The van der Waals surface area contributed by atoms with Crippen molar-refractivity contribution in [3.05, 3.63) is 47.2 Å². The summed E-state index contributed by atoms with van der Waals surface area (Å²) in [4.78, 5) is 29.4. The lowest BCUT2D eigenvalue weighted by molar-refractivity contribution is -0.139. The van der Waals surface area contributed by atoms with Crippen LogP contribution in [0.2, 0.25) is 0 Å². The Morgan fingerprint density at radius 1 is 1.23 bits per heavy atom. The number of benzene rings is 1. The van der Waals surface area contributed by atoms with E-state index in [1.165, 1.54) is 36.2 Å². The molecule has 6 nitrogen and oxygen atoms in total. The molecule has 1 aromatic carbocycles. The van der Waals surface area contributed by atoms with Crippen molar-refractivity contribution in [2.24, 2.45) is 0 Å². The summed E-state index contributed by atoms with van der Waals surface area (Å²) in [6, 6.07) is 4.53. The Labute approximate surface area is 176 Å². The third-order valence-corrected chi connectivity index (χ3v) is 4.38. The molecule has 162 valence electrons. The van der Waals surface area contributed by atoms with E-state index in [0.29, 0.717) is 0 Å². The Balaban J connectivity index is 2.55. The number of carbonyl (C=O) groups is 2. The van der Waals surface area contributed by atoms with E-state index >= 15 is 0 Å². The molecule has 0 saturated carbocycles. The molecule has 2 rings (SSSR count). The molecule has 0 radical (unpaired) electrons. The molecule has 0 bridgehead atoms. The van der Waals surface area contributed by atoms with E-state index in [0.717, 1.165) is 13.2 Å². The number of nitrogens with zero attached hydrogens (tertiary/aromatic N) is 2. The van der Waals surface area contributed by atoms with Crippen LogP contribution in [0.3, 0.4) is 0 Å². The maximum Gasteiger partial charge on any atom is 0.421 e. The lowest BCUT2D eigenvalue weighted by atomic mass is 10.1. The molecule has 1 heterocycles. The van der Waals surface area contributed by atoms with E-state index in [1.807, 2.05) is 0 Å². The van der Waals surface area contributed by atoms with Gasteiger partial charge < -0.3 is 14.4 Å². The summed E-state index contributed by atoms with van der Waals surface area (Å²) in [5.41, 5.74) is -0.712. The molecular weight excluding hydrogens is 425 g/mol. The summed E-state index contributed by atoms with van der Waals surface area (Å²) in [6.45, 7) is 4.85. The molecule has 1 amide bonds. The number of hydrogen-bond donors (Lipinski definition) is 0. The molecule has 10 heteroatoms. The zero-order chi connectivity index (χ0) is 22.6. The van der Waals surface area contributed by atoms with Crippen molar-refractivity contribution in [3.63, 3.8) is 0 Å². The summed E-state index contributed by atoms with van der Waals surface area (Å²) in [6.07, 6.45) is -3.55. The molecule has 2 aromatic rings. The predicted octanol–water partition coefficient (Wildman–Crippen LogP) is 5.18. The van der Waals surface area contributed by atoms with Crippen LogP contribution in [-0.4, -0.2) is 30.0 Å². The smallest absolute Gasteiger partial charge is 0.421 e. The summed E-state index contributed by atoms with van der Waals surface area (Å²) in [5.74, 6) is -2.01. The first-order valence-electron chi connectivity index (χ1n) is 8.81. The first kappa shape index (κ1) is 23.5. The van der Waals surface area contributed by atoms with Gasteiger partial charge in [-0.05, 0) is 43.7 Å². The van der Waals surface area contributed by atoms with Crippen LogP contribution in [0, 0.1) is 0 Å². The van der Waals surface area contributed by atoms with Crippen LogP contribution < -0.4 is 9.64 Å². The fourth-order valence-corrected chi connectivity index (χ4v) is 2.98. The zero-order valence-corrected chi connectivity index (χ0v) is 17.5. The van der Waals surface area contributed by atoms with Crippen molar-refractivity contribution >= 4 is 29.2 Å². The summed E-state index contributed by atoms with van der Waals surface area (Å²) >= 11 is 5.60. The highest BCUT2D eigenvalue weighted by Gasteiger charge is 2.36. The molecule has 0 fully saturated rings. The van der Waals surface area contributed by atoms with Crippen LogP contribution in [0.25, 0.3) is 0 Å². The number of aromatic nitrogens is 1. The van der Waals surface area contributed by atoms with Crippen LogP contribution >= 0.6 is 11.6 Å². The molecule has 0 aliphatic heterocycles. The van der Waals surface area contributed by atoms with E-state index in [1.54, 1.807) is 13.8 Å². The monoisotopic (exact) mass is 444 g/mol. The van der Waals surface area contributed by atoms with E-state index in [2.05, 4.69) is 4.98 Å². The molecule has 0 atom stereocenters. The number of methoxy groups -OCH3 is 1. The van der Waals surface area contributed by atoms with Crippen LogP contribution in [0.1, 0.15) is 42.3 Å². The van der Waals surface area contributed by atoms with Gasteiger partial charge in [0.1, 0.15) is 11.3 Å². The lowest BCUT2D eigenvalue weighted by Crippen LogP contribution is -2.36. The molecule has 0 saturated heterocycles. The minimum atomic E-state index is -4.72. The van der Waals surface area contributed by atoms with Crippen LogP contribution in [0.4, 0.5) is 18.9 Å². The van der Waals surface area contributed by atoms with Crippen molar-refractivity contribution in [2.45, 2.75) is 38.9 Å². The number of amides is 1. The van der Waals surface area contributed by atoms with Gasteiger partial charge in [-0.2, -0.15) is 13.2 Å². The molecule has 0 aliphatic rings. The number of esters is 1. The van der Waals surface area contributed by atoms with Crippen molar-refractivity contribution in [1.82, 2.24) is 4.98 Å². The Kier molecular flexibility index (Phi) is 7.30. The second kappa shape index (κ2) is 9.34. The summed E-state index contributed by atoms with van der Waals surface area (Å²) < 4.78 is 50.3. The fourth-order valence-electron chi connectivity index (χ4n) is 2.84. The number of hydrogen-bond acceptors (Lipinski definition) is 5. The fraction of sp³-hybridized carbons (Fsp3) is 0.350. The summed E-state index contributed by atoms with van der Waals surface area (Å²) in [5, 5.41) is 0. The molecule has 0 unspecified atom stereocenters. The Hall–Kier alpha value is -2.81. The number of ether oxygens (including phenoxy) is 2. The molecule has 30 heavy (non-hydrogen) atoms.